The lowest BCUT2D eigenvalue weighted by Crippen LogP contribution is -2.41. The lowest BCUT2D eigenvalue weighted by molar-refractivity contribution is 0.280. The smallest absolute Gasteiger partial charge is 0.191 e. The summed E-state index contributed by atoms with van der Waals surface area (Å²) in [5.41, 5.74) is 1.99. The van der Waals surface area contributed by atoms with Crippen LogP contribution in [0.2, 0.25) is 0 Å². The third-order valence-electron chi connectivity index (χ3n) is 2.47. The van der Waals surface area contributed by atoms with Crippen LogP contribution in [0.15, 0.2) is 29.3 Å². The van der Waals surface area contributed by atoms with Crippen molar-refractivity contribution in [2.75, 3.05) is 6.54 Å². The summed E-state index contributed by atoms with van der Waals surface area (Å²) in [7, 11) is 0. The fraction of sp³-hybridized carbons (Fsp3) is 0.500. The van der Waals surface area contributed by atoms with E-state index in [9.17, 15) is 5.11 Å². The van der Waals surface area contributed by atoms with E-state index in [-0.39, 0.29) is 30.6 Å². The van der Waals surface area contributed by atoms with Gasteiger partial charge in [0.15, 0.2) is 5.96 Å². The first-order valence-electron chi connectivity index (χ1n) is 6.39. The van der Waals surface area contributed by atoms with Crippen molar-refractivity contribution >= 4 is 29.9 Å². The molecule has 0 aliphatic heterocycles. The van der Waals surface area contributed by atoms with Gasteiger partial charge in [-0.2, -0.15) is 0 Å². The van der Waals surface area contributed by atoms with Gasteiger partial charge in [0, 0.05) is 12.6 Å². The predicted octanol–water partition coefficient (Wildman–Crippen LogP) is 2.26. The number of hydrogen-bond acceptors (Lipinski definition) is 2. The number of aliphatic hydroxyl groups excluding tert-OH is 1. The van der Waals surface area contributed by atoms with Crippen LogP contribution in [0.3, 0.4) is 0 Å². The Morgan fingerprint density at radius 2 is 1.89 bits per heavy atom. The van der Waals surface area contributed by atoms with Crippen LogP contribution in [0.1, 0.15) is 31.9 Å². The number of benzene rings is 1. The Morgan fingerprint density at radius 3 is 2.42 bits per heavy atom. The molecule has 0 radical (unpaired) electrons. The molecule has 0 aliphatic carbocycles. The van der Waals surface area contributed by atoms with Crippen LogP contribution in [-0.2, 0) is 13.2 Å². The van der Waals surface area contributed by atoms with E-state index in [2.05, 4.69) is 29.5 Å². The van der Waals surface area contributed by atoms with Gasteiger partial charge in [0.25, 0.3) is 0 Å². The normalized spacial score (nSPS) is 11.1. The van der Waals surface area contributed by atoms with Crippen molar-refractivity contribution in [1.82, 2.24) is 10.6 Å². The van der Waals surface area contributed by atoms with Crippen LogP contribution < -0.4 is 10.6 Å². The van der Waals surface area contributed by atoms with E-state index in [0.29, 0.717) is 12.6 Å². The molecule has 1 rings (SSSR count). The van der Waals surface area contributed by atoms with Crippen LogP contribution in [0.25, 0.3) is 0 Å². The van der Waals surface area contributed by atoms with Crippen molar-refractivity contribution in [3.8, 4) is 0 Å². The SMILES string of the molecule is CCNC(=NCc1ccccc1CO)NC(C)C.I. The third-order valence-corrected chi connectivity index (χ3v) is 2.47. The highest BCUT2D eigenvalue weighted by Crippen LogP contribution is 2.09. The molecule has 0 heterocycles. The maximum atomic E-state index is 9.25. The van der Waals surface area contributed by atoms with Crippen LogP contribution in [-0.4, -0.2) is 23.7 Å². The number of guanidine groups is 1. The van der Waals surface area contributed by atoms with Gasteiger partial charge < -0.3 is 15.7 Å². The molecule has 3 N–H and O–H groups in total. The Balaban J connectivity index is 0.00000324. The van der Waals surface area contributed by atoms with Crippen molar-refractivity contribution in [3.63, 3.8) is 0 Å². The number of nitrogens with zero attached hydrogens (tertiary/aromatic N) is 1. The van der Waals surface area contributed by atoms with Gasteiger partial charge in [-0.25, -0.2) is 4.99 Å². The standard InChI is InChI=1S/C14H23N3O.HI/c1-4-15-14(17-11(2)3)16-9-12-7-5-6-8-13(12)10-18;/h5-8,11,18H,4,9-10H2,1-3H3,(H2,15,16,17);1H. The molecule has 5 heteroatoms. The third kappa shape index (κ3) is 6.77. The van der Waals surface area contributed by atoms with E-state index in [0.717, 1.165) is 23.6 Å². The van der Waals surface area contributed by atoms with Gasteiger partial charge in [-0.15, -0.1) is 24.0 Å². The van der Waals surface area contributed by atoms with Gasteiger partial charge in [0.05, 0.1) is 13.2 Å². The average molecular weight is 377 g/mol. The van der Waals surface area contributed by atoms with Gasteiger partial charge in [0.1, 0.15) is 0 Å². The Morgan fingerprint density at radius 1 is 1.26 bits per heavy atom. The summed E-state index contributed by atoms with van der Waals surface area (Å²) in [5.74, 6) is 0.806. The molecule has 108 valence electrons. The van der Waals surface area contributed by atoms with Crippen molar-refractivity contribution in [1.29, 1.82) is 0 Å². The molecule has 19 heavy (non-hydrogen) atoms. The fourth-order valence-corrected chi connectivity index (χ4v) is 1.62. The van der Waals surface area contributed by atoms with Gasteiger partial charge in [-0.1, -0.05) is 24.3 Å². The van der Waals surface area contributed by atoms with Crippen LogP contribution >= 0.6 is 24.0 Å². The quantitative estimate of drug-likeness (QED) is 0.419. The molecule has 0 amide bonds. The van der Waals surface area contributed by atoms with Crippen molar-refractivity contribution in [2.45, 2.75) is 40.0 Å². The van der Waals surface area contributed by atoms with E-state index in [1.807, 2.05) is 31.2 Å². The predicted molar refractivity (Wildman–Crippen MR) is 90.9 cm³/mol. The number of aliphatic hydroxyl groups is 1. The zero-order valence-corrected chi connectivity index (χ0v) is 14.1. The summed E-state index contributed by atoms with van der Waals surface area (Å²) in [4.78, 5) is 4.52. The van der Waals surface area contributed by atoms with Crippen molar-refractivity contribution in [2.24, 2.45) is 4.99 Å². The number of aliphatic imine (C=N–C) groups is 1. The zero-order chi connectivity index (χ0) is 13.4. The minimum Gasteiger partial charge on any atom is -0.392 e. The second-order valence-electron chi connectivity index (χ2n) is 4.42. The molecule has 1 aromatic rings. The van der Waals surface area contributed by atoms with E-state index < -0.39 is 0 Å². The number of rotatable bonds is 5. The maximum absolute atomic E-state index is 9.25. The van der Waals surface area contributed by atoms with E-state index >= 15 is 0 Å². The largest absolute Gasteiger partial charge is 0.392 e. The number of hydrogen-bond donors (Lipinski definition) is 3. The van der Waals surface area contributed by atoms with Crippen LogP contribution in [0, 0.1) is 0 Å². The summed E-state index contributed by atoms with van der Waals surface area (Å²) in [6.45, 7) is 7.65. The highest BCUT2D eigenvalue weighted by atomic mass is 127. The first kappa shape index (κ1) is 18.2. The Kier molecular flexibility index (Phi) is 9.59. The molecule has 0 saturated heterocycles. The Bertz CT molecular complexity index is 394. The first-order chi connectivity index (χ1) is 8.67. The minimum absolute atomic E-state index is 0. The molecule has 0 spiro atoms. The highest BCUT2D eigenvalue weighted by molar-refractivity contribution is 14.0. The summed E-state index contributed by atoms with van der Waals surface area (Å²) >= 11 is 0. The number of nitrogens with one attached hydrogen (secondary N) is 2. The first-order valence-corrected chi connectivity index (χ1v) is 6.39. The minimum atomic E-state index is 0. The van der Waals surface area contributed by atoms with Gasteiger partial charge in [0.2, 0.25) is 0 Å². The van der Waals surface area contributed by atoms with E-state index in [1.165, 1.54) is 0 Å². The van der Waals surface area contributed by atoms with Gasteiger partial charge in [-0.3, -0.25) is 0 Å². The Hall–Kier alpha value is -0.820. The van der Waals surface area contributed by atoms with Crippen LogP contribution in [0.5, 0.6) is 0 Å². The van der Waals surface area contributed by atoms with Gasteiger partial charge in [-0.05, 0) is 31.9 Å². The average Bonchev–Trinajstić information content (AvgIpc) is 2.36. The highest BCUT2D eigenvalue weighted by Gasteiger charge is 2.02. The molecule has 0 unspecified atom stereocenters. The molecular formula is C14H24IN3O. The summed E-state index contributed by atoms with van der Waals surface area (Å²) in [6.07, 6.45) is 0. The molecule has 4 nitrogen and oxygen atoms in total. The number of halogens is 1. The second kappa shape index (κ2) is 10.0. The van der Waals surface area contributed by atoms with E-state index in [4.69, 9.17) is 0 Å². The molecule has 1 aromatic carbocycles. The molecule has 0 saturated carbocycles. The van der Waals surface area contributed by atoms with Crippen molar-refractivity contribution < 1.29 is 5.11 Å². The molecule has 0 aromatic heterocycles. The van der Waals surface area contributed by atoms with Crippen LogP contribution in [0.4, 0.5) is 0 Å². The summed E-state index contributed by atoms with van der Waals surface area (Å²) in [6, 6.07) is 8.15. The Labute approximate surface area is 132 Å². The molecule has 0 aliphatic rings. The molecular weight excluding hydrogens is 353 g/mol. The van der Waals surface area contributed by atoms with Gasteiger partial charge >= 0.3 is 0 Å². The fourth-order valence-electron chi connectivity index (χ4n) is 1.62. The topological polar surface area (TPSA) is 56.7 Å². The molecule has 0 atom stereocenters. The molecule has 0 fully saturated rings. The van der Waals surface area contributed by atoms with E-state index in [1.54, 1.807) is 0 Å². The lowest BCUT2D eigenvalue weighted by atomic mass is 10.1. The summed E-state index contributed by atoms with van der Waals surface area (Å²) < 4.78 is 0. The maximum Gasteiger partial charge on any atom is 0.191 e. The summed E-state index contributed by atoms with van der Waals surface area (Å²) in [5, 5.41) is 15.7. The zero-order valence-electron chi connectivity index (χ0n) is 11.8. The lowest BCUT2D eigenvalue weighted by Gasteiger charge is -2.14. The molecule has 0 bridgehead atoms. The monoisotopic (exact) mass is 377 g/mol. The van der Waals surface area contributed by atoms with Crippen molar-refractivity contribution in [3.05, 3.63) is 35.4 Å². The second-order valence-corrected chi connectivity index (χ2v) is 4.42.